The fraction of sp³-hybridized carbons (Fsp3) is 0.125. The van der Waals surface area contributed by atoms with Crippen LogP contribution in [0.5, 0.6) is 0 Å². The highest BCUT2D eigenvalue weighted by Crippen LogP contribution is 2.27. The molecular weight excluding hydrogens is 254 g/mol. The smallest absolute Gasteiger partial charge is 0.198 e. The Balaban J connectivity index is 3.20. The molecule has 0 N–H and O–H groups in total. The number of rotatable bonds is 2. The molecule has 13 heavy (non-hydrogen) atoms. The molecule has 0 aliphatic carbocycles. The topological polar surface area (TPSA) is 17.1 Å². The van der Waals surface area contributed by atoms with E-state index in [1.165, 1.54) is 0 Å². The zero-order valence-corrected chi connectivity index (χ0v) is 9.25. The summed E-state index contributed by atoms with van der Waals surface area (Å²) in [5.74, 6) is -0.487. The Bertz CT molecular complexity index is 315. The third-order valence-corrected chi connectivity index (χ3v) is 2.43. The molecule has 5 heteroatoms. The van der Waals surface area contributed by atoms with Gasteiger partial charge in [0.2, 0.25) is 0 Å². The predicted octanol–water partition coefficient (Wildman–Crippen LogP) is 3.98. The van der Waals surface area contributed by atoms with E-state index in [0.717, 1.165) is 0 Å². The second-order valence-electron chi connectivity index (χ2n) is 2.26. The van der Waals surface area contributed by atoms with Crippen molar-refractivity contribution in [3.8, 4) is 0 Å². The molecule has 0 amide bonds. The molecule has 1 aromatic rings. The SMILES string of the molecule is O=C(c1c(Cl)cccc1Cl)C(Cl)Cl. The van der Waals surface area contributed by atoms with E-state index in [2.05, 4.69) is 0 Å². The monoisotopic (exact) mass is 256 g/mol. The molecule has 70 valence electrons. The van der Waals surface area contributed by atoms with Crippen LogP contribution < -0.4 is 0 Å². The Hall–Kier alpha value is 0.0500. The number of carbonyl (C=O) groups is 1. The number of Topliss-reactive ketones (excluding diaryl/α,β-unsaturated/α-hetero) is 1. The highest BCUT2D eigenvalue weighted by atomic mass is 35.5. The lowest BCUT2D eigenvalue weighted by Crippen LogP contribution is -2.09. The third kappa shape index (κ3) is 2.50. The summed E-state index contributed by atoms with van der Waals surface area (Å²) in [4.78, 5) is 10.2. The zero-order chi connectivity index (χ0) is 10.0. The molecule has 0 saturated carbocycles. The van der Waals surface area contributed by atoms with E-state index in [-0.39, 0.29) is 15.6 Å². The molecule has 0 atom stereocenters. The average molecular weight is 258 g/mol. The zero-order valence-electron chi connectivity index (χ0n) is 6.23. The lowest BCUT2D eigenvalue weighted by molar-refractivity contribution is 0.101. The van der Waals surface area contributed by atoms with Gasteiger partial charge in [-0.15, -0.1) is 0 Å². The molecule has 0 saturated heterocycles. The lowest BCUT2D eigenvalue weighted by Gasteiger charge is -2.05. The average Bonchev–Trinajstić information content (AvgIpc) is 2.03. The second kappa shape index (κ2) is 4.52. The number of ketones is 1. The van der Waals surface area contributed by atoms with E-state index in [9.17, 15) is 4.79 Å². The van der Waals surface area contributed by atoms with E-state index < -0.39 is 10.6 Å². The molecule has 0 spiro atoms. The van der Waals surface area contributed by atoms with Gasteiger partial charge in [0.05, 0.1) is 15.6 Å². The van der Waals surface area contributed by atoms with Crippen LogP contribution in [0.2, 0.25) is 10.0 Å². The van der Waals surface area contributed by atoms with E-state index >= 15 is 0 Å². The van der Waals surface area contributed by atoms with Crippen LogP contribution in [0.15, 0.2) is 18.2 Å². The molecule has 1 rings (SSSR count). The molecular formula is C8H4Cl4O. The third-order valence-electron chi connectivity index (χ3n) is 1.41. The quantitative estimate of drug-likeness (QED) is 0.579. The van der Waals surface area contributed by atoms with Crippen LogP contribution in [0, 0.1) is 0 Å². The van der Waals surface area contributed by atoms with E-state index in [0.29, 0.717) is 0 Å². The van der Waals surface area contributed by atoms with Crippen molar-refractivity contribution in [3.05, 3.63) is 33.8 Å². The molecule has 0 heterocycles. The number of benzene rings is 1. The molecule has 0 aromatic heterocycles. The van der Waals surface area contributed by atoms with Gasteiger partial charge >= 0.3 is 0 Å². The van der Waals surface area contributed by atoms with Crippen LogP contribution in [-0.4, -0.2) is 10.6 Å². The van der Waals surface area contributed by atoms with Crippen molar-refractivity contribution in [3.63, 3.8) is 0 Å². The van der Waals surface area contributed by atoms with Crippen molar-refractivity contribution < 1.29 is 4.79 Å². The maximum absolute atomic E-state index is 11.4. The maximum Gasteiger partial charge on any atom is 0.198 e. The Morgan fingerprint density at radius 1 is 1.15 bits per heavy atom. The van der Waals surface area contributed by atoms with Gasteiger partial charge in [-0.25, -0.2) is 0 Å². The van der Waals surface area contributed by atoms with Gasteiger partial charge in [0.1, 0.15) is 0 Å². The number of carbonyl (C=O) groups excluding carboxylic acids is 1. The highest BCUT2D eigenvalue weighted by Gasteiger charge is 2.19. The van der Waals surface area contributed by atoms with Gasteiger partial charge in [0.15, 0.2) is 10.6 Å². The number of hydrogen-bond acceptors (Lipinski definition) is 1. The molecule has 0 aliphatic heterocycles. The summed E-state index contributed by atoms with van der Waals surface area (Å²) in [6.07, 6.45) is 0. The fourth-order valence-corrected chi connectivity index (χ4v) is 1.64. The Labute approximate surface area is 95.5 Å². The van der Waals surface area contributed by atoms with Gasteiger partial charge in [-0.1, -0.05) is 52.5 Å². The summed E-state index contributed by atoms with van der Waals surface area (Å²) in [6, 6.07) is 4.74. The molecule has 0 radical (unpaired) electrons. The van der Waals surface area contributed by atoms with Crippen molar-refractivity contribution in [2.45, 2.75) is 4.84 Å². The molecule has 0 bridgehead atoms. The minimum absolute atomic E-state index is 0.167. The van der Waals surface area contributed by atoms with Crippen molar-refractivity contribution in [1.82, 2.24) is 0 Å². The van der Waals surface area contributed by atoms with Crippen molar-refractivity contribution >= 4 is 52.2 Å². The number of alkyl halides is 2. The number of halogens is 4. The van der Waals surface area contributed by atoms with Gasteiger partial charge < -0.3 is 0 Å². The Morgan fingerprint density at radius 3 is 2.00 bits per heavy atom. The normalized spacial score (nSPS) is 10.5. The molecule has 1 aromatic carbocycles. The lowest BCUT2D eigenvalue weighted by atomic mass is 10.1. The Morgan fingerprint density at radius 2 is 1.62 bits per heavy atom. The summed E-state index contributed by atoms with van der Waals surface area (Å²) in [6.45, 7) is 0. The summed E-state index contributed by atoms with van der Waals surface area (Å²) in [7, 11) is 0. The Kier molecular flexibility index (Phi) is 3.87. The van der Waals surface area contributed by atoms with E-state index in [4.69, 9.17) is 46.4 Å². The van der Waals surface area contributed by atoms with Crippen molar-refractivity contribution in [1.29, 1.82) is 0 Å². The van der Waals surface area contributed by atoms with E-state index in [1.807, 2.05) is 0 Å². The summed E-state index contributed by atoms with van der Waals surface area (Å²) >= 11 is 22.3. The van der Waals surface area contributed by atoms with Crippen LogP contribution in [-0.2, 0) is 0 Å². The van der Waals surface area contributed by atoms with Crippen LogP contribution in [0.4, 0.5) is 0 Å². The highest BCUT2D eigenvalue weighted by molar-refractivity contribution is 6.57. The first kappa shape index (κ1) is 11.1. The maximum atomic E-state index is 11.4. The first-order valence-corrected chi connectivity index (χ1v) is 4.93. The van der Waals surface area contributed by atoms with E-state index in [1.54, 1.807) is 18.2 Å². The van der Waals surface area contributed by atoms with Gasteiger partial charge in [-0.05, 0) is 12.1 Å². The van der Waals surface area contributed by atoms with Crippen molar-refractivity contribution in [2.75, 3.05) is 0 Å². The van der Waals surface area contributed by atoms with Gasteiger partial charge in [0, 0.05) is 0 Å². The molecule has 0 fully saturated rings. The van der Waals surface area contributed by atoms with Crippen LogP contribution in [0.25, 0.3) is 0 Å². The number of hydrogen-bond donors (Lipinski definition) is 0. The minimum Gasteiger partial charge on any atom is -0.291 e. The minimum atomic E-state index is -1.14. The molecule has 0 aliphatic rings. The first-order chi connectivity index (χ1) is 6.04. The molecule has 0 unspecified atom stereocenters. The van der Waals surface area contributed by atoms with Crippen LogP contribution >= 0.6 is 46.4 Å². The standard InChI is InChI=1S/C8H4Cl4O/c9-4-2-1-3-5(10)6(4)7(13)8(11)12/h1-3,8H. The van der Waals surface area contributed by atoms with Gasteiger partial charge in [-0.3, -0.25) is 4.79 Å². The summed E-state index contributed by atoms with van der Waals surface area (Å²) < 4.78 is 0. The predicted molar refractivity (Wildman–Crippen MR) is 56.3 cm³/mol. The summed E-state index contributed by atoms with van der Waals surface area (Å²) in [5, 5.41) is 0.507. The van der Waals surface area contributed by atoms with Gasteiger partial charge in [-0.2, -0.15) is 0 Å². The summed E-state index contributed by atoms with van der Waals surface area (Å²) in [5.41, 5.74) is 0.167. The van der Waals surface area contributed by atoms with Crippen LogP contribution in [0.3, 0.4) is 0 Å². The van der Waals surface area contributed by atoms with Crippen LogP contribution in [0.1, 0.15) is 10.4 Å². The first-order valence-electron chi connectivity index (χ1n) is 3.30. The fourth-order valence-electron chi connectivity index (χ4n) is 0.842. The second-order valence-corrected chi connectivity index (χ2v) is 4.17. The van der Waals surface area contributed by atoms with Gasteiger partial charge in [0.25, 0.3) is 0 Å². The molecule has 1 nitrogen and oxygen atoms in total. The largest absolute Gasteiger partial charge is 0.291 e. The van der Waals surface area contributed by atoms with Crippen molar-refractivity contribution in [2.24, 2.45) is 0 Å².